The van der Waals surface area contributed by atoms with E-state index in [1.165, 1.54) is 12.1 Å². The number of likely N-dealkylation sites (tertiary alicyclic amines) is 1. The van der Waals surface area contributed by atoms with E-state index in [1.807, 2.05) is 6.21 Å². The van der Waals surface area contributed by atoms with Crippen molar-refractivity contribution >= 4 is 11.9 Å². The molecule has 0 amide bonds. The van der Waals surface area contributed by atoms with Crippen molar-refractivity contribution in [1.29, 1.82) is 0 Å². The van der Waals surface area contributed by atoms with E-state index in [0.717, 1.165) is 6.54 Å². The van der Waals surface area contributed by atoms with Gasteiger partial charge in [-0.1, -0.05) is 13.8 Å². The average molecular weight is 221 g/mol. The summed E-state index contributed by atoms with van der Waals surface area (Å²) in [5.74, 6) is 1.29. The molecule has 2 aliphatic heterocycles. The Kier molecular flexibility index (Phi) is 2.91. The van der Waals surface area contributed by atoms with Crippen LogP contribution in [0.2, 0.25) is 0 Å². The highest BCUT2D eigenvalue weighted by molar-refractivity contribution is 6.07. The minimum Gasteiger partial charge on any atom is -0.286 e. The van der Waals surface area contributed by atoms with Gasteiger partial charge in [0.25, 0.3) is 0 Å². The first kappa shape index (κ1) is 11.8. The van der Waals surface area contributed by atoms with Gasteiger partial charge in [-0.05, 0) is 33.1 Å². The van der Waals surface area contributed by atoms with E-state index in [2.05, 4.69) is 49.7 Å². The summed E-state index contributed by atoms with van der Waals surface area (Å²) >= 11 is 0. The van der Waals surface area contributed by atoms with Crippen molar-refractivity contribution in [2.24, 2.45) is 22.0 Å². The van der Waals surface area contributed by atoms with Gasteiger partial charge in [-0.3, -0.25) is 4.90 Å². The van der Waals surface area contributed by atoms with E-state index in [1.54, 1.807) is 0 Å². The van der Waals surface area contributed by atoms with Gasteiger partial charge in [-0.25, -0.2) is 0 Å². The molecule has 3 nitrogen and oxygen atoms in total. The fourth-order valence-corrected chi connectivity index (χ4v) is 2.82. The molecule has 0 aliphatic carbocycles. The van der Waals surface area contributed by atoms with Crippen molar-refractivity contribution in [3.63, 3.8) is 0 Å². The minimum atomic E-state index is 0.198. The zero-order chi connectivity index (χ0) is 11.9. The molecule has 2 rings (SSSR count). The molecular formula is C13H23N3. The second kappa shape index (κ2) is 3.95. The summed E-state index contributed by atoms with van der Waals surface area (Å²) in [6.45, 7) is 12.5. The van der Waals surface area contributed by atoms with Gasteiger partial charge in [-0.15, -0.1) is 0 Å². The minimum absolute atomic E-state index is 0.198. The predicted octanol–water partition coefficient (Wildman–Crippen LogP) is 2.57. The molecule has 0 N–H and O–H groups in total. The van der Waals surface area contributed by atoms with E-state index in [4.69, 9.17) is 0 Å². The van der Waals surface area contributed by atoms with Crippen LogP contribution in [-0.4, -0.2) is 35.0 Å². The maximum atomic E-state index is 4.37. The van der Waals surface area contributed by atoms with Gasteiger partial charge in [0.05, 0.1) is 18.0 Å². The summed E-state index contributed by atoms with van der Waals surface area (Å²) in [7, 11) is 0. The molecule has 0 aromatic rings. The Labute approximate surface area is 98.6 Å². The lowest BCUT2D eigenvalue weighted by molar-refractivity contribution is 0.114. The van der Waals surface area contributed by atoms with Gasteiger partial charge < -0.3 is 0 Å². The molecular weight excluding hydrogens is 198 g/mol. The standard InChI is InChI=1S/C13H23N3/c1-9(2)10-6-7-16(13(3,4)5)11-8-14-15-12(10)11/h8-11H,6-7H2,1-5H3. The molecule has 1 fully saturated rings. The maximum absolute atomic E-state index is 4.37. The average Bonchev–Trinajstić information content (AvgIpc) is 2.61. The Hall–Kier alpha value is -0.700. The summed E-state index contributed by atoms with van der Waals surface area (Å²) in [6, 6.07) is 0.348. The highest BCUT2D eigenvalue weighted by atomic mass is 15.3. The Morgan fingerprint density at radius 2 is 2.06 bits per heavy atom. The Morgan fingerprint density at radius 1 is 1.38 bits per heavy atom. The van der Waals surface area contributed by atoms with Crippen molar-refractivity contribution in [3.8, 4) is 0 Å². The van der Waals surface area contributed by atoms with Crippen LogP contribution < -0.4 is 0 Å². The summed E-state index contributed by atoms with van der Waals surface area (Å²) < 4.78 is 0. The number of fused-ring (bicyclic) bond motifs is 1. The number of rotatable bonds is 1. The van der Waals surface area contributed by atoms with Gasteiger partial charge in [0.2, 0.25) is 0 Å². The van der Waals surface area contributed by atoms with Crippen LogP contribution in [0.15, 0.2) is 10.2 Å². The van der Waals surface area contributed by atoms with Gasteiger partial charge in [-0.2, -0.15) is 10.2 Å². The molecule has 0 radical (unpaired) electrons. The lowest BCUT2D eigenvalue weighted by atomic mass is 9.80. The van der Waals surface area contributed by atoms with Crippen LogP contribution >= 0.6 is 0 Å². The summed E-state index contributed by atoms with van der Waals surface area (Å²) in [5, 5.41) is 8.51. The molecule has 1 saturated heterocycles. The fourth-order valence-electron chi connectivity index (χ4n) is 2.82. The first-order valence-electron chi connectivity index (χ1n) is 6.29. The number of piperidine rings is 1. The van der Waals surface area contributed by atoms with Crippen LogP contribution in [0, 0.1) is 11.8 Å². The van der Waals surface area contributed by atoms with Crippen molar-refractivity contribution in [3.05, 3.63) is 0 Å². The molecule has 2 heterocycles. The van der Waals surface area contributed by atoms with Crippen molar-refractivity contribution in [1.82, 2.24) is 4.90 Å². The fraction of sp³-hybridized carbons (Fsp3) is 0.846. The SMILES string of the molecule is CC(C)C1CCN(C(C)(C)C)C2C=NN=C12. The van der Waals surface area contributed by atoms with Gasteiger partial charge in [0.15, 0.2) is 0 Å². The molecule has 0 spiro atoms. The highest BCUT2D eigenvalue weighted by Gasteiger charge is 2.41. The lowest BCUT2D eigenvalue weighted by Crippen LogP contribution is -2.57. The molecule has 0 aromatic heterocycles. The molecule has 2 atom stereocenters. The Balaban J connectivity index is 2.22. The van der Waals surface area contributed by atoms with Crippen molar-refractivity contribution in [2.45, 2.75) is 52.6 Å². The second-order valence-corrected chi connectivity index (χ2v) is 6.24. The summed E-state index contributed by atoms with van der Waals surface area (Å²) in [6.07, 6.45) is 3.22. The van der Waals surface area contributed by atoms with Gasteiger partial charge in [0.1, 0.15) is 0 Å². The lowest BCUT2D eigenvalue weighted by Gasteiger charge is -2.45. The van der Waals surface area contributed by atoms with Gasteiger partial charge in [0, 0.05) is 18.0 Å². The maximum Gasteiger partial charge on any atom is 0.0884 e. The smallest absolute Gasteiger partial charge is 0.0884 e. The second-order valence-electron chi connectivity index (χ2n) is 6.24. The first-order chi connectivity index (χ1) is 7.41. The topological polar surface area (TPSA) is 28.0 Å². The molecule has 2 aliphatic rings. The molecule has 90 valence electrons. The zero-order valence-electron chi connectivity index (χ0n) is 11.1. The van der Waals surface area contributed by atoms with Crippen LogP contribution in [0.1, 0.15) is 41.0 Å². The third-order valence-corrected chi connectivity index (χ3v) is 3.75. The number of hydrogen-bond donors (Lipinski definition) is 0. The Morgan fingerprint density at radius 3 is 2.62 bits per heavy atom. The van der Waals surface area contributed by atoms with E-state index in [-0.39, 0.29) is 5.54 Å². The number of hydrogen-bond acceptors (Lipinski definition) is 3. The highest BCUT2D eigenvalue weighted by Crippen LogP contribution is 2.32. The normalized spacial score (nSPS) is 30.8. The van der Waals surface area contributed by atoms with E-state index < -0.39 is 0 Å². The van der Waals surface area contributed by atoms with Gasteiger partial charge >= 0.3 is 0 Å². The number of nitrogens with zero attached hydrogens (tertiary/aromatic N) is 3. The van der Waals surface area contributed by atoms with Crippen LogP contribution in [0.25, 0.3) is 0 Å². The third-order valence-electron chi connectivity index (χ3n) is 3.75. The quantitative estimate of drug-likeness (QED) is 0.669. The van der Waals surface area contributed by atoms with Crippen LogP contribution in [0.5, 0.6) is 0 Å². The van der Waals surface area contributed by atoms with Crippen LogP contribution in [0.3, 0.4) is 0 Å². The molecule has 2 unspecified atom stereocenters. The monoisotopic (exact) mass is 221 g/mol. The molecule has 0 saturated carbocycles. The van der Waals surface area contributed by atoms with E-state index >= 15 is 0 Å². The van der Waals surface area contributed by atoms with E-state index in [9.17, 15) is 0 Å². The van der Waals surface area contributed by atoms with Crippen molar-refractivity contribution in [2.75, 3.05) is 6.54 Å². The van der Waals surface area contributed by atoms with Crippen LogP contribution in [0.4, 0.5) is 0 Å². The zero-order valence-corrected chi connectivity index (χ0v) is 11.1. The third kappa shape index (κ3) is 1.93. The molecule has 0 bridgehead atoms. The summed E-state index contributed by atoms with van der Waals surface area (Å²) in [4.78, 5) is 2.52. The largest absolute Gasteiger partial charge is 0.286 e. The predicted molar refractivity (Wildman–Crippen MR) is 69.1 cm³/mol. The van der Waals surface area contributed by atoms with E-state index in [0.29, 0.717) is 17.9 Å². The summed E-state index contributed by atoms with van der Waals surface area (Å²) in [5.41, 5.74) is 1.49. The first-order valence-corrected chi connectivity index (χ1v) is 6.29. The van der Waals surface area contributed by atoms with Crippen molar-refractivity contribution < 1.29 is 0 Å². The molecule has 16 heavy (non-hydrogen) atoms. The van der Waals surface area contributed by atoms with Crippen LogP contribution in [-0.2, 0) is 0 Å². The Bertz CT molecular complexity index is 323. The molecule has 3 heteroatoms. The molecule has 0 aromatic carbocycles.